The molecule has 0 atom stereocenters. The fourth-order valence-electron chi connectivity index (χ4n) is 3.57. The number of hydrogen-bond donors (Lipinski definition) is 0. The molecule has 174 valence electrons. The minimum absolute atomic E-state index is 0.238. The summed E-state index contributed by atoms with van der Waals surface area (Å²) in [6, 6.07) is 9.29. The zero-order valence-electron chi connectivity index (χ0n) is 19.4. The van der Waals surface area contributed by atoms with Crippen LogP contribution in [0.2, 0.25) is 0 Å². The van der Waals surface area contributed by atoms with Gasteiger partial charge in [0.15, 0.2) is 17.3 Å². The first kappa shape index (κ1) is 23.2. The van der Waals surface area contributed by atoms with Gasteiger partial charge in [0.2, 0.25) is 4.96 Å². The average Bonchev–Trinajstić information content (AvgIpc) is 3.33. The molecule has 0 bridgehead atoms. The number of nitrogens with zero attached hydrogens (tertiary/aromatic N) is 3. The van der Waals surface area contributed by atoms with Crippen LogP contribution >= 0.6 is 11.3 Å². The van der Waals surface area contributed by atoms with Gasteiger partial charge < -0.3 is 14.2 Å². The number of esters is 1. The van der Waals surface area contributed by atoms with Gasteiger partial charge in [0.1, 0.15) is 5.75 Å². The number of ether oxygens (including phenoxy) is 3. The smallest absolute Gasteiger partial charge is 0.308 e. The molecule has 0 aliphatic carbocycles. The van der Waals surface area contributed by atoms with Crippen LogP contribution in [0.15, 0.2) is 35.1 Å². The summed E-state index contributed by atoms with van der Waals surface area (Å²) in [6.45, 7) is 5.09. The first-order chi connectivity index (χ1) is 16.3. The molecule has 0 unspecified atom stereocenters. The fraction of sp³-hybridized carbons (Fsp3) is 0.200. The maximum atomic E-state index is 12.9. The second-order valence-corrected chi connectivity index (χ2v) is 8.61. The molecule has 0 spiro atoms. The van der Waals surface area contributed by atoms with E-state index in [-0.39, 0.29) is 11.5 Å². The fourth-order valence-corrected chi connectivity index (χ4v) is 4.48. The number of fused-ring (bicyclic) bond motifs is 1. The number of aromatic nitrogens is 3. The van der Waals surface area contributed by atoms with Crippen LogP contribution in [0, 0.1) is 13.8 Å². The number of carbonyl (C=O) groups is 1. The first-order valence-corrected chi connectivity index (χ1v) is 11.2. The SMILES string of the molecule is COc1ccc(/C=C/c2nc3s/c(=C\c4cc(C)c(OC(C)=O)c(C)c4)c(=O)n3n2)cc1OC. The van der Waals surface area contributed by atoms with Crippen LogP contribution in [0.3, 0.4) is 0 Å². The van der Waals surface area contributed by atoms with Crippen molar-refractivity contribution in [2.75, 3.05) is 14.2 Å². The maximum absolute atomic E-state index is 12.9. The summed E-state index contributed by atoms with van der Waals surface area (Å²) in [6.07, 6.45) is 5.37. The second kappa shape index (κ2) is 9.48. The van der Waals surface area contributed by atoms with Crippen molar-refractivity contribution in [1.82, 2.24) is 14.6 Å². The van der Waals surface area contributed by atoms with E-state index in [1.165, 1.54) is 22.8 Å². The third-order valence-electron chi connectivity index (χ3n) is 5.06. The second-order valence-electron chi connectivity index (χ2n) is 7.61. The lowest BCUT2D eigenvalue weighted by Crippen LogP contribution is -2.23. The van der Waals surface area contributed by atoms with Crippen LogP contribution in [0.1, 0.15) is 35.0 Å². The summed E-state index contributed by atoms with van der Waals surface area (Å²) in [5.74, 6) is 1.87. The van der Waals surface area contributed by atoms with Crippen molar-refractivity contribution in [3.05, 3.63) is 73.3 Å². The van der Waals surface area contributed by atoms with Gasteiger partial charge in [-0.15, -0.1) is 5.10 Å². The summed E-state index contributed by atoms with van der Waals surface area (Å²) in [7, 11) is 3.17. The number of hydrogen-bond acceptors (Lipinski definition) is 8. The van der Waals surface area contributed by atoms with Crippen molar-refractivity contribution in [2.45, 2.75) is 20.8 Å². The van der Waals surface area contributed by atoms with Crippen LogP contribution in [0.5, 0.6) is 17.2 Å². The highest BCUT2D eigenvalue weighted by Crippen LogP contribution is 2.28. The van der Waals surface area contributed by atoms with E-state index in [1.54, 1.807) is 26.4 Å². The Morgan fingerprint density at radius 3 is 2.32 bits per heavy atom. The van der Waals surface area contributed by atoms with Crippen molar-refractivity contribution in [3.63, 3.8) is 0 Å². The molecule has 0 saturated heterocycles. The Morgan fingerprint density at radius 2 is 1.71 bits per heavy atom. The van der Waals surface area contributed by atoms with Crippen LogP contribution in [0.4, 0.5) is 0 Å². The molecular weight excluding hydrogens is 454 g/mol. The summed E-state index contributed by atoms with van der Waals surface area (Å²) < 4.78 is 17.7. The highest BCUT2D eigenvalue weighted by molar-refractivity contribution is 7.15. The Morgan fingerprint density at radius 1 is 1.00 bits per heavy atom. The molecule has 0 amide bonds. The lowest BCUT2D eigenvalue weighted by Gasteiger charge is -2.10. The van der Waals surface area contributed by atoms with Gasteiger partial charge >= 0.3 is 5.97 Å². The monoisotopic (exact) mass is 477 g/mol. The number of rotatable bonds is 6. The number of thiazole rings is 1. The Balaban J connectivity index is 1.63. The normalized spacial score (nSPS) is 12.0. The van der Waals surface area contributed by atoms with Crippen LogP contribution in [-0.4, -0.2) is 34.8 Å². The van der Waals surface area contributed by atoms with E-state index in [2.05, 4.69) is 10.1 Å². The Bertz CT molecular complexity index is 1510. The molecule has 2 heterocycles. The lowest BCUT2D eigenvalue weighted by molar-refractivity contribution is -0.131. The summed E-state index contributed by atoms with van der Waals surface area (Å²) in [5, 5.41) is 4.33. The summed E-state index contributed by atoms with van der Waals surface area (Å²) >= 11 is 1.26. The van der Waals surface area contributed by atoms with E-state index in [4.69, 9.17) is 14.2 Å². The minimum Gasteiger partial charge on any atom is -0.493 e. The average molecular weight is 478 g/mol. The predicted molar refractivity (Wildman–Crippen MR) is 132 cm³/mol. The molecule has 2 aromatic carbocycles. The van der Waals surface area contributed by atoms with Gasteiger partial charge in [-0.25, -0.2) is 0 Å². The molecule has 0 N–H and O–H groups in total. The molecule has 0 aliphatic heterocycles. The van der Waals surface area contributed by atoms with Gasteiger partial charge in [-0.3, -0.25) is 9.59 Å². The molecule has 34 heavy (non-hydrogen) atoms. The van der Waals surface area contributed by atoms with Gasteiger partial charge in [0.05, 0.1) is 18.8 Å². The predicted octanol–water partition coefficient (Wildman–Crippen LogP) is 3.43. The molecule has 0 saturated carbocycles. The van der Waals surface area contributed by atoms with Gasteiger partial charge in [0.25, 0.3) is 5.56 Å². The highest BCUT2D eigenvalue weighted by atomic mass is 32.1. The van der Waals surface area contributed by atoms with Gasteiger partial charge in [-0.05, 0) is 72.5 Å². The molecule has 9 heteroatoms. The van der Waals surface area contributed by atoms with Crippen LogP contribution in [-0.2, 0) is 4.79 Å². The zero-order valence-corrected chi connectivity index (χ0v) is 20.2. The molecule has 8 nitrogen and oxygen atoms in total. The quantitative estimate of drug-likeness (QED) is 0.310. The number of benzene rings is 2. The Kier molecular flexibility index (Phi) is 6.47. The third kappa shape index (κ3) is 4.69. The van der Waals surface area contributed by atoms with E-state index < -0.39 is 0 Å². The summed E-state index contributed by atoms with van der Waals surface area (Å²) in [4.78, 5) is 29.2. The molecule has 0 fully saturated rings. The van der Waals surface area contributed by atoms with Crippen molar-refractivity contribution in [2.24, 2.45) is 0 Å². The van der Waals surface area contributed by atoms with Gasteiger partial charge in [-0.1, -0.05) is 23.5 Å². The molecule has 0 radical (unpaired) electrons. The largest absolute Gasteiger partial charge is 0.493 e. The van der Waals surface area contributed by atoms with Crippen molar-refractivity contribution in [1.29, 1.82) is 0 Å². The Labute approximate surface area is 199 Å². The van der Waals surface area contributed by atoms with Gasteiger partial charge in [-0.2, -0.15) is 9.50 Å². The van der Waals surface area contributed by atoms with Crippen LogP contribution in [0.25, 0.3) is 23.2 Å². The van der Waals surface area contributed by atoms with Gasteiger partial charge in [0, 0.05) is 6.92 Å². The van der Waals surface area contributed by atoms with E-state index in [0.29, 0.717) is 32.6 Å². The number of methoxy groups -OCH3 is 2. The maximum Gasteiger partial charge on any atom is 0.308 e. The summed E-state index contributed by atoms with van der Waals surface area (Å²) in [5.41, 5.74) is 3.11. The first-order valence-electron chi connectivity index (χ1n) is 10.4. The lowest BCUT2D eigenvalue weighted by atomic mass is 10.1. The minimum atomic E-state index is -0.369. The third-order valence-corrected chi connectivity index (χ3v) is 6.02. The van der Waals surface area contributed by atoms with E-state index in [0.717, 1.165) is 22.3 Å². The van der Waals surface area contributed by atoms with Crippen LogP contribution < -0.4 is 24.3 Å². The molecule has 0 aliphatic rings. The zero-order chi connectivity index (χ0) is 24.4. The molecule has 4 rings (SSSR count). The molecule has 2 aromatic heterocycles. The topological polar surface area (TPSA) is 92.0 Å². The van der Waals surface area contributed by atoms with Crippen molar-refractivity contribution in [3.8, 4) is 17.2 Å². The molecular formula is C25H23N3O5S. The number of carbonyl (C=O) groups excluding carboxylic acids is 1. The Hall–Kier alpha value is -3.98. The molecule has 4 aromatic rings. The number of aryl methyl sites for hydroxylation is 2. The van der Waals surface area contributed by atoms with E-state index >= 15 is 0 Å². The highest BCUT2D eigenvalue weighted by Gasteiger charge is 2.11. The van der Waals surface area contributed by atoms with E-state index in [9.17, 15) is 9.59 Å². The van der Waals surface area contributed by atoms with E-state index in [1.807, 2.05) is 50.3 Å². The van der Waals surface area contributed by atoms with Crippen molar-refractivity contribution < 1.29 is 19.0 Å². The van der Waals surface area contributed by atoms with Crippen molar-refractivity contribution >= 4 is 40.5 Å². The standard InChI is InChI=1S/C25H23N3O5S/c1-14-10-18(11-15(2)23(14)33-16(3)29)13-21-24(30)28-25(34-21)26-22(27-28)9-7-17-6-8-19(31-4)20(12-17)32-5/h6-13H,1-5H3/b9-7+,21-13-.